The second-order valence-corrected chi connectivity index (χ2v) is 22.9. The molecule has 2 atom stereocenters. The van der Waals surface area contributed by atoms with Crippen LogP contribution in [0.1, 0.15) is 96.9 Å². The Balaban J connectivity index is 1.02. The highest BCUT2D eigenvalue weighted by atomic mass is 35.5. The van der Waals surface area contributed by atoms with Gasteiger partial charge in [0.05, 0.1) is 42.4 Å². The Labute approximate surface area is 348 Å². The van der Waals surface area contributed by atoms with Gasteiger partial charge in [0.2, 0.25) is 5.95 Å². The van der Waals surface area contributed by atoms with Crippen molar-refractivity contribution in [3.8, 4) is 0 Å². The van der Waals surface area contributed by atoms with E-state index in [4.69, 9.17) is 26.1 Å². The van der Waals surface area contributed by atoms with E-state index in [2.05, 4.69) is 66.1 Å². The molecule has 2 saturated heterocycles. The molecule has 2 aliphatic heterocycles. The summed E-state index contributed by atoms with van der Waals surface area (Å²) < 4.78 is 14.2. The van der Waals surface area contributed by atoms with Crippen molar-refractivity contribution in [2.75, 3.05) is 31.2 Å². The minimum absolute atomic E-state index is 0.170. The van der Waals surface area contributed by atoms with Gasteiger partial charge in [-0.25, -0.2) is 19.7 Å². The summed E-state index contributed by atoms with van der Waals surface area (Å²) in [6, 6.07) is 25.0. The molecule has 0 bridgehead atoms. The van der Waals surface area contributed by atoms with E-state index in [0.717, 1.165) is 77.7 Å². The van der Waals surface area contributed by atoms with E-state index in [-0.39, 0.29) is 28.4 Å². The van der Waals surface area contributed by atoms with Gasteiger partial charge in [0.15, 0.2) is 0 Å². The van der Waals surface area contributed by atoms with E-state index >= 15 is 0 Å². The molecular weight excluding hydrogens is 764 g/mol. The first-order valence-corrected chi connectivity index (χ1v) is 23.1. The molecule has 58 heavy (non-hydrogen) atoms. The number of aromatic nitrogens is 4. The van der Waals surface area contributed by atoms with Crippen LogP contribution in [0.2, 0.25) is 10.1 Å². The largest absolute Gasteiger partial charge is 0.443 e. The summed E-state index contributed by atoms with van der Waals surface area (Å²) in [5, 5.41) is 7.83. The number of anilines is 2. The SMILES string of the molecule is Cc1c(N(C(=O)OC(C)(C)C)c2ncc3cc(Cl)c(C4CCN([C@@]5(C)COC[C@H]5CC(C)(C)[Si](O)(c5ccccc5)c5ccccc5)CC4)cc3n2)cnn1C1CC1. The Morgan fingerprint density at radius 3 is 2.22 bits per heavy atom. The molecule has 8 rings (SSSR count). The Morgan fingerprint density at radius 1 is 0.983 bits per heavy atom. The summed E-state index contributed by atoms with van der Waals surface area (Å²) in [5.74, 6) is 0.723. The summed E-state index contributed by atoms with van der Waals surface area (Å²) in [6.45, 7) is 17.6. The van der Waals surface area contributed by atoms with Crippen molar-refractivity contribution in [3.63, 3.8) is 0 Å². The molecule has 306 valence electrons. The monoisotopic (exact) mass is 820 g/mol. The number of likely N-dealkylation sites (tertiary alicyclic amines) is 1. The van der Waals surface area contributed by atoms with Crippen molar-refractivity contribution in [2.45, 2.75) is 109 Å². The van der Waals surface area contributed by atoms with Crippen molar-refractivity contribution in [3.05, 3.63) is 101 Å². The van der Waals surface area contributed by atoms with E-state index in [1.54, 1.807) is 12.4 Å². The highest BCUT2D eigenvalue weighted by Gasteiger charge is 2.55. The molecule has 1 N–H and O–H groups in total. The van der Waals surface area contributed by atoms with Gasteiger partial charge in [-0.15, -0.1) is 0 Å². The predicted octanol–water partition coefficient (Wildman–Crippen LogP) is 8.70. The fourth-order valence-corrected chi connectivity index (χ4v) is 13.6. The molecule has 3 aromatic carbocycles. The van der Waals surface area contributed by atoms with Crippen LogP contribution >= 0.6 is 11.6 Å². The van der Waals surface area contributed by atoms with Gasteiger partial charge in [0.25, 0.3) is 8.32 Å². The van der Waals surface area contributed by atoms with Crippen molar-refractivity contribution in [2.24, 2.45) is 5.92 Å². The van der Waals surface area contributed by atoms with Crippen LogP contribution in [0.5, 0.6) is 0 Å². The van der Waals surface area contributed by atoms with Gasteiger partial charge >= 0.3 is 6.09 Å². The van der Waals surface area contributed by atoms with Crippen LogP contribution in [0.3, 0.4) is 0 Å². The van der Waals surface area contributed by atoms with E-state index in [1.165, 1.54) is 4.90 Å². The first-order chi connectivity index (χ1) is 27.6. The second-order valence-electron chi connectivity index (χ2n) is 18.6. The number of fused-ring (bicyclic) bond motifs is 1. The van der Waals surface area contributed by atoms with Crippen molar-refractivity contribution in [1.29, 1.82) is 0 Å². The molecule has 1 amide bonds. The average Bonchev–Trinajstić information content (AvgIpc) is 3.88. The van der Waals surface area contributed by atoms with Crippen molar-refractivity contribution < 1.29 is 19.1 Å². The minimum Gasteiger partial charge on any atom is -0.443 e. The molecule has 0 spiro atoms. The molecule has 5 aromatic rings. The van der Waals surface area contributed by atoms with Gasteiger partial charge in [0.1, 0.15) is 5.60 Å². The zero-order chi connectivity index (χ0) is 41.0. The number of piperidine rings is 1. The number of ether oxygens (including phenoxy) is 2. The number of hydrogen-bond acceptors (Lipinski definition) is 8. The summed E-state index contributed by atoms with van der Waals surface area (Å²) in [5.41, 5.74) is 2.39. The number of halogens is 1. The third kappa shape index (κ3) is 7.60. The van der Waals surface area contributed by atoms with Gasteiger partial charge < -0.3 is 14.3 Å². The van der Waals surface area contributed by atoms with E-state index in [1.807, 2.05) is 74.8 Å². The van der Waals surface area contributed by atoms with Crippen LogP contribution in [0.4, 0.5) is 16.4 Å². The summed E-state index contributed by atoms with van der Waals surface area (Å²) in [6.07, 6.45) is 7.75. The molecule has 10 nitrogen and oxygen atoms in total. The van der Waals surface area contributed by atoms with Crippen LogP contribution in [0, 0.1) is 12.8 Å². The fraction of sp³-hybridized carbons (Fsp3) is 0.478. The predicted molar refractivity (Wildman–Crippen MR) is 233 cm³/mol. The lowest BCUT2D eigenvalue weighted by Gasteiger charge is -2.49. The smallest absolute Gasteiger partial charge is 0.422 e. The molecule has 4 heterocycles. The number of nitrogens with zero attached hydrogens (tertiary/aromatic N) is 6. The molecule has 2 aromatic heterocycles. The van der Waals surface area contributed by atoms with Crippen molar-refractivity contribution >= 4 is 58.9 Å². The summed E-state index contributed by atoms with van der Waals surface area (Å²) >= 11 is 7.04. The van der Waals surface area contributed by atoms with Gasteiger partial charge in [-0.3, -0.25) is 9.58 Å². The Hall–Kier alpha value is -4.13. The van der Waals surface area contributed by atoms with Gasteiger partial charge in [-0.1, -0.05) is 86.1 Å². The van der Waals surface area contributed by atoms with Gasteiger partial charge in [-0.2, -0.15) is 5.10 Å². The molecule has 0 radical (unpaired) electrons. The standard InChI is InChI=1S/C46H57ClN6O4Si/c1-31-41(28-49-53(31)35-18-19-35)52(43(54)57-44(2,3)4)42-48-27-33-24-39(47)38(25-40(33)50-42)32-20-22-51(23-21-32)46(7)30-56-29-34(46)26-45(5,6)58(55,36-14-10-8-11-15-36)37-16-12-9-13-17-37/h8-17,24-25,27-28,32,34-35,55H,18-23,26,29-30H2,1-7H3/t34-,46+/m1/s1. The Morgan fingerprint density at radius 2 is 1.62 bits per heavy atom. The molecule has 1 aliphatic carbocycles. The van der Waals surface area contributed by atoms with Crippen LogP contribution < -0.4 is 15.3 Å². The Bertz CT molecular complexity index is 2230. The highest BCUT2D eigenvalue weighted by Crippen LogP contribution is 2.48. The van der Waals surface area contributed by atoms with Gasteiger partial charge in [-0.05, 0) is 119 Å². The number of rotatable bonds is 10. The summed E-state index contributed by atoms with van der Waals surface area (Å²) in [7, 11) is -3.18. The van der Waals surface area contributed by atoms with Crippen LogP contribution in [0.15, 0.2) is 85.2 Å². The van der Waals surface area contributed by atoms with E-state index < -0.39 is 20.0 Å². The molecule has 1 saturated carbocycles. The number of benzene rings is 3. The minimum atomic E-state index is -3.18. The molecule has 3 aliphatic rings. The van der Waals surface area contributed by atoms with Crippen molar-refractivity contribution in [1.82, 2.24) is 24.6 Å². The molecular formula is C46H57ClN6O4Si. The third-order valence-corrected chi connectivity index (χ3v) is 17.8. The fourth-order valence-electron chi connectivity index (χ4n) is 9.50. The zero-order valence-corrected chi connectivity index (χ0v) is 36.7. The third-order valence-electron chi connectivity index (χ3n) is 13.0. The first kappa shape index (κ1) is 40.6. The second kappa shape index (κ2) is 15.5. The quantitative estimate of drug-likeness (QED) is 0.140. The molecule has 0 unspecified atom stereocenters. The summed E-state index contributed by atoms with van der Waals surface area (Å²) in [4.78, 5) is 40.4. The van der Waals surface area contributed by atoms with E-state index in [0.29, 0.717) is 30.0 Å². The molecule has 3 fully saturated rings. The maximum atomic E-state index is 13.8. The maximum absolute atomic E-state index is 13.8. The normalized spacial score (nSPS) is 21.1. The lowest BCUT2D eigenvalue weighted by atomic mass is 9.79. The number of hydrogen-bond donors (Lipinski definition) is 1. The van der Waals surface area contributed by atoms with Crippen LogP contribution in [0.25, 0.3) is 10.9 Å². The topological polar surface area (TPSA) is 106 Å². The highest BCUT2D eigenvalue weighted by molar-refractivity contribution is 6.98. The lowest BCUT2D eigenvalue weighted by Crippen LogP contribution is -2.66. The number of carbonyl (C=O) groups is 1. The lowest BCUT2D eigenvalue weighted by molar-refractivity contribution is 0.0359. The molecule has 12 heteroatoms. The average molecular weight is 822 g/mol. The van der Waals surface area contributed by atoms with Crippen LogP contribution in [-0.4, -0.2) is 81.3 Å². The van der Waals surface area contributed by atoms with Crippen LogP contribution in [-0.2, 0) is 9.47 Å². The first-order valence-electron chi connectivity index (χ1n) is 20.8. The van der Waals surface area contributed by atoms with E-state index in [9.17, 15) is 9.59 Å². The number of amides is 1. The Kier molecular flexibility index (Phi) is 10.8. The van der Waals surface area contributed by atoms with Gasteiger partial charge in [0, 0.05) is 28.1 Å². The zero-order valence-electron chi connectivity index (χ0n) is 34.9. The maximum Gasteiger partial charge on any atom is 0.422 e. The number of carbonyl (C=O) groups excluding carboxylic acids is 1.